The first kappa shape index (κ1) is 20.2. The minimum Gasteiger partial charge on any atom is -0.423 e. The van der Waals surface area contributed by atoms with Gasteiger partial charge in [-0.25, -0.2) is 4.79 Å². The first-order chi connectivity index (χ1) is 13.9. The second kappa shape index (κ2) is 9.07. The van der Waals surface area contributed by atoms with Crippen LogP contribution in [0.25, 0.3) is 6.08 Å². The Kier molecular flexibility index (Phi) is 6.31. The molecule has 0 aliphatic heterocycles. The van der Waals surface area contributed by atoms with E-state index in [4.69, 9.17) is 4.74 Å². The van der Waals surface area contributed by atoms with Crippen LogP contribution in [-0.4, -0.2) is 16.7 Å². The zero-order valence-electron chi connectivity index (χ0n) is 14.9. The molecule has 0 saturated carbocycles. The molecule has 3 rings (SSSR count). The Bertz CT molecular complexity index is 1110. The molecule has 29 heavy (non-hydrogen) atoms. The van der Waals surface area contributed by atoms with E-state index in [1.54, 1.807) is 54.6 Å². The number of ketones is 1. The van der Waals surface area contributed by atoms with Crippen molar-refractivity contribution in [2.45, 2.75) is 0 Å². The van der Waals surface area contributed by atoms with E-state index >= 15 is 0 Å². The smallest absolute Gasteiger partial charge is 0.343 e. The minimum atomic E-state index is -0.708. The number of rotatable bonds is 6. The van der Waals surface area contributed by atoms with Crippen LogP contribution in [-0.2, 0) is 0 Å². The van der Waals surface area contributed by atoms with Crippen molar-refractivity contribution in [1.82, 2.24) is 0 Å². The standard InChI is InChI=1S/C22H14BrNO5/c23-18-10-8-16(9-11-18)21(25)12-7-15-3-1-6-20(13-15)29-22(26)17-4-2-5-19(14-17)24(27)28/h1-14H. The fraction of sp³-hybridized carbons (Fsp3) is 0. The summed E-state index contributed by atoms with van der Waals surface area (Å²) in [4.78, 5) is 34.7. The highest BCUT2D eigenvalue weighted by Gasteiger charge is 2.13. The van der Waals surface area contributed by atoms with Gasteiger partial charge in [-0.05, 0) is 54.1 Å². The Labute approximate surface area is 174 Å². The van der Waals surface area contributed by atoms with Gasteiger partial charge >= 0.3 is 5.97 Å². The van der Waals surface area contributed by atoms with Crippen LogP contribution in [0.3, 0.4) is 0 Å². The largest absolute Gasteiger partial charge is 0.423 e. The number of non-ortho nitro benzene ring substituents is 1. The van der Waals surface area contributed by atoms with Gasteiger partial charge in [-0.1, -0.05) is 40.2 Å². The van der Waals surface area contributed by atoms with Crippen molar-refractivity contribution in [3.8, 4) is 5.75 Å². The molecule has 0 spiro atoms. The molecule has 0 saturated heterocycles. The van der Waals surface area contributed by atoms with E-state index in [0.717, 1.165) is 10.5 Å². The lowest BCUT2D eigenvalue weighted by atomic mass is 10.1. The van der Waals surface area contributed by atoms with Gasteiger partial charge in [-0.3, -0.25) is 14.9 Å². The molecule has 0 aromatic heterocycles. The van der Waals surface area contributed by atoms with E-state index in [-0.39, 0.29) is 22.8 Å². The van der Waals surface area contributed by atoms with Gasteiger partial charge in [0.25, 0.3) is 5.69 Å². The van der Waals surface area contributed by atoms with E-state index in [0.29, 0.717) is 11.1 Å². The van der Waals surface area contributed by atoms with E-state index in [2.05, 4.69) is 15.9 Å². The molecule has 7 heteroatoms. The van der Waals surface area contributed by atoms with Crippen LogP contribution in [0.2, 0.25) is 0 Å². The summed E-state index contributed by atoms with van der Waals surface area (Å²) < 4.78 is 6.18. The summed E-state index contributed by atoms with van der Waals surface area (Å²) in [5.74, 6) is -0.600. The number of nitro benzene ring substituents is 1. The average Bonchev–Trinajstić information content (AvgIpc) is 2.73. The third-order valence-corrected chi connectivity index (χ3v) is 4.45. The van der Waals surface area contributed by atoms with Crippen LogP contribution in [0.5, 0.6) is 5.75 Å². The van der Waals surface area contributed by atoms with Crippen molar-refractivity contribution < 1.29 is 19.2 Å². The van der Waals surface area contributed by atoms with Gasteiger partial charge in [0.15, 0.2) is 5.78 Å². The topological polar surface area (TPSA) is 86.5 Å². The maximum atomic E-state index is 12.3. The maximum Gasteiger partial charge on any atom is 0.343 e. The molecule has 3 aromatic rings. The van der Waals surface area contributed by atoms with Crippen LogP contribution in [0.1, 0.15) is 26.3 Å². The van der Waals surface area contributed by atoms with Gasteiger partial charge in [0.05, 0.1) is 10.5 Å². The SMILES string of the molecule is O=C(C=Cc1cccc(OC(=O)c2cccc([N+](=O)[O-])c2)c1)c1ccc(Br)cc1. The molecule has 3 aromatic carbocycles. The number of esters is 1. The van der Waals surface area contributed by atoms with E-state index in [1.165, 1.54) is 24.3 Å². The molecule has 0 aliphatic rings. The summed E-state index contributed by atoms with van der Waals surface area (Å²) in [6.45, 7) is 0. The summed E-state index contributed by atoms with van der Waals surface area (Å²) in [6, 6.07) is 18.9. The molecule has 0 radical (unpaired) electrons. The van der Waals surface area contributed by atoms with Crippen LogP contribution in [0.15, 0.2) is 83.3 Å². The number of benzene rings is 3. The first-order valence-electron chi connectivity index (χ1n) is 8.47. The van der Waals surface area contributed by atoms with E-state index < -0.39 is 10.9 Å². The molecule has 0 fully saturated rings. The quantitative estimate of drug-likeness (QED) is 0.124. The highest BCUT2D eigenvalue weighted by atomic mass is 79.9. The van der Waals surface area contributed by atoms with Gasteiger partial charge in [0.2, 0.25) is 0 Å². The lowest BCUT2D eigenvalue weighted by Gasteiger charge is -2.05. The highest BCUT2D eigenvalue weighted by molar-refractivity contribution is 9.10. The molecular formula is C22H14BrNO5. The second-order valence-corrected chi connectivity index (χ2v) is 6.89. The summed E-state index contributed by atoms with van der Waals surface area (Å²) in [7, 11) is 0. The monoisotopic (exact) mass is 451 g/mol. The predicted octanol–water partition coefficient (Wildman–Crippen LogP) is 5.47. The van der Waals surface area contributed by atoms with Gasteiger partial charge in [0.1, 0.15) is 5.75 Å². The number of allylic oxidation sites excluding steroid dienone is 1. The molecule has 0 N–H and O–H groups in total. The Balaban J connectivity index is 1.71. The number of hydrogen-bond acceptors (Lipinski definition) is 5. The normalized spacial score (nSPS) is 10.7. The van der Waals surface area contributed by atoms with Crippen LogP contribution >= 0.6 is 15.9 Å². The Morgan fingerprint density at radius 3 is 2.38 bits per heavy atom. The van der Waals surface area contributed by atoms with Crippen LogP contribution in [0.4, 0.5) is 5.69 Å². The van der Waals surface area contributed by atoms with Crippen molar-refractivity contribution >= 4 is 39.4 Å². The molecule has 0 bridgehead atoms. The maximum absolute atomic E-state index is 12.3. The number of carbonyl (C=O) groups excluding carboxylic acids is 2. The van der Waals surface area contributed by atoms with Crippen molar-refractivity contribution in [2.75, 3.05) is 0 Å². The third-order valence-electron chi connectivity index (χ3n) is 3.92. The zero-order chi connectivity index (χ0) is 20.8. The molecule has 0 amide bonds. The van der Waals surface area contributed by atoms with Crippen molar-refractivity contribution in [3.63, 3.8) is 0 Å². The average molecular weight is 452 g/mol. The third kappa shape index (κ3) is 5.46. The Morgan fingerprint density at radius 1 is 0.931 bits per heavy atom. The second-order valence-electron chi connectivity index (χ2n) is 5.97. The van der Waals surface area contributed by atoms with E-state index in [9.17, 15) is 19.7 Å². The number of nitrogens with zero attached hydrogens (tertiary/aromatic N) is 1. The van der Waals surface area contributed by atoms with Crippen molar-refractivity contribution in [2.24, 2.45) is 0 Å². The van der Waals surface area contributed by atoms with Crippen molar-refractivity contribution in [1.29, 1.82) is 0 Å². The predicted molar refractivity (Wildman–Crippen MR) is 112 cm³/mol. The fourth-order valence-electron chi connectivity index (χ4n) is 2.48. The summed E-state index contributed by atoms with van der Waals surface area (Å²) >= 11 is 3.32. The first-order valence-corrected chi connectivity index (χ1v) is 9.26. The summed E-state index contributed by atoms with van der Waals surface area (Å²) in [5.41, 5.74) is 1.10. The molecule has 144 valence electrons. The summed E-state index contributed by atoms with van der Waals surface area (Å²) in [5, 5.41) is 10.8. The molecule has 0 unspecified atom stereocenters. The molecular weight excluding hydrogens is 438 g/mol. The number of halogens is 1. The van der Waals surface area contributed by atoms with Crippen molar-refractivity contribution in [3.05, 3.63) is 110 Å². The lowest BCUT2D eigenvalue weighted by Crippen LogP contribution is -2.08. The molecule has 0 aliphatic carbocycles. The zero-order valence-corrected chi connectivity index (χ0v) is 16.5. The van der Waals surface area contributed by atoms with E-state index in [1.807, 2.05) is 0 Å². The Hall–Kier alpha value is -3.58. The van der Waals surface area contributed by atoms with Gasteiger partial charge < -0.3 is 4.74 Å². The van der Waals surface area contributed by atoms with Gasteiger partial charge in [-0.15, -0.1) is 0 Å². The van der Waals surface area contributed by atoms with Crippen LogP contribution in [0, 0.1) is 10.1 Å². The van der Waals surface area contributed by atoms with Crippen LogP contribution < -0.4 is 4.74 Å². The molecule has 6 nitrogen and oxygen atoms in total. The number of hydrogen-bond donors (Lipinski definition) is 0. The lowest BCUT2D eigenvalue weighted by molar-refractivity contribution is -0.384. The minimum absolute atomic E-state index is 0.0746. The fourth-order valence-corrected chi connectivity index (χ4v) is 2.74. The number of carbonyl (C=O) groups is 2. The number of nitro groups is 1. The van der Waals surface area contributed by atoms with Gasteiger partial charge in [-0.2, -0.15) is 0 Å². The molecule has 0 heterocycles. The summed E-state index contributed by atoms with van der Waals surface area (Å²) in [6.07, 6.45) is 3.06. The molecule has 0 atom stereocenters. The number of ether oxygens (including phenoxy) is 1. The van der Waals surface area contributed by atoms with Gasteiger partial charge in [0, 0.05) is 22.2 Å². The Morgan fingerprint density at radius 2 is 1.66 bits per heavy atom. The highest BCUT2D eigenvalue weighted by Crippen LogP contribution is 2.19.